The smallest absolute Gasteiger partial charge is 0.307 e. The Morgan fingerprint density at radius 3 is 1.89 bits per heavy atom. The van der Waals surface area contributed by atoms with E-state index in [-0.39, 0.29) is 17.1 Å². The molecule has 2 aromatic rings. The van der Waals surface area contributed by atoms with Gasteiger partial charge >= 0.3 is 5.97 Å². The molecule has 0 bridgehead atoms. The third-order valence-electron chi connectivity index (χ3n) is 3.65. The Morgan fingerprint density at radius 2 is 1.43 bits per heavy atom. The molecule has 0 radical (unpaired) electrons. The largest absolute Gasteiger partial charge is 0.497 e. The van der Waals surface area contributed by atoms with E-state index in [0.29, 0.717) is 5.56 Å². The Morgan fingerprint density at radius 1 is 0.929 bits per heavy atom. The molecule has 0 aliphatic carbocycles. The summed E-state index contributed by atoms with van der Waals surface area (Å²) in [5.74, 6) is 5.94. The molecule has 0 heterocycles. The summed E-state index contributed by atoms with van der Waals surface area (Å²) < 4.78 is 35.0. The molecule has 0 spiro atoms. The van der Waals surface area contributed by atoms with E-state index in [1.165, 1.54) is 12.1 Å². The van der Waals surface area contributed by atoms with Gasteiger partial charge in [0, 0.05) is 11.1 Å². The zero-order chi connectivity index (χ0) is 20.8. The molecule has 2 aromatic carbocycles. The molecule has 28 heavy (non-hydrogen) atoms. The molecule has 0 saturated carbocycles. The quantitative estimate of drug-likeness (QED) is 0.567. The number of esters is 1. The summed E-state index contributed by atoms with van der Waals surface area (Å²) in [4.78, 5) is 11.9. The van der Waals surface area contributed by atoms with E-state index < -0.39 is 21.4 Å². The number of hydrogen-bond acceptors (Lipinski definition) is 5. The fourth-order valence-corrected chi connectivity index (χ4v) is 3.51. The van der Waals surface area contributed by atoms with Gasteiger partial charge in [-0.2, -0.15) is 0 Å². The SMILES string of the molecule is COc1ccc(C#Cc2ccc(S(=O)(=O)CCC(=O)OC(C)(C)C)cc2)cc1. The first-order valence-electron chi connectivity index (χ1n) is 8.80. The number of hydrogen-bond donors (Lipinski definition) is 0. The molecule has 0 unspecified atom stereocenters. The Hall–Kier alpha value is -2.78. The molecule has 0 N–H and O–H groups in total. The van der Waals surface area contributed by atoms with Crippen LogP contribution in [0.3, 0.4) is 0 Å². The van der Waals surface area contributed by atoms with Crippen LogP contribution in [0.4, 0.5) is 0 Å². The van der Waals surface area contributed by atoms with Crippen molar-refractivity contribution in [2.24, 2.45) is 0 Å². The zero-order valence-electron chi connectivity index (χ0n) is 16.5. The molecule has 0 aromatic heterocycles. The fraction of sp³-hybridized carbons (Fsp3) is 0.318. The monoisotopic (exact) mass is 400 g/mol. The summed E-state index contributed by atoms with van der Waals surface area (Å²) >= 11 is 0. The van der Waals surface area contributed by atoms with Crippen molar-refractivity contribution in [3.05, 3.63) is 59.7 Å². The van der Waals surface area contributed by atoms with E-state index in [9.17, 15) is 13.2 Å². The molecule has 6 heteroatoms. The molecule has 5 nitrogen and oxygen atoms in total. The Kier molecular flexibility index (Phi) is 6.87. The minimum atomic E-state index is -3.57. The van der Waals surface area contributed by atoms with Crippen LogP contribution in [0.5, 0.6) is 5.75 Å². The van der Waals surface area contributed by atoms with Crippen LogP contribution >= 0.6 is 0 Å². The number of rotatable bonds is 5. The van der Waals surface area contributed by atoms with Crippen molar-refractivity contribution in [2.75, 3.05) is 12.9 Å². The summed E-state index contributed by atoms with van der Waals surface area (Å²) in [6, 6.07) is 13.6. The number of ether oxygens (including phenoxy) is 2. The molecule has 0 fully saturated rings. The van der Waals surface area contributed by atoms with Gasteiger partial charge in [-0.15, -0.1) is 0 Å². The van der Waals surface area contributed by atoms with Crippen molar-refractivity contribution >= 4 is 15.8 Å². The van der Waals surface area contributed by atoms with Crippen LogP contribution < -0.4 is 4.74 Å². The van der Waals surface area contributed by atoms with E-state index >= 15 is 0 Å². The Labute approximate surface area is 166 Å². The second-order valence-electron chi connectivity index (χ2n) is 7.16. The highest BCUT2D eigenvalue weighted by atomic mass is 32.2. The summed E-state index contributed by atoms with van der Waals surface area (Å²) in [5, 5.41) is 0. The van der Waals surface area contributed by atoms with Crippen LogP contribution in [-0.4, -0.2) is 32.9 Å². The van der Waals surface area contributed by atoms with Crippen LogP contribution in [0, 0.1) is 11.8 Å². The van der Waals surface area contributed by atoms with Gasteiger partial charge in [0.2, 0.25) is 0 Å². The van der Waals surface area contributed by atoms with Crippen LogP contribution in [0.25, 0.3) is 0 Å². The highest BCUT2D eigenvalue weighted by Gasteiger charge is 2.20. The minimum Gasteiger partial charge on any atom is -0.497 e. The van der Waals surface area contributed by atoms with E-state index in [4.69, 9.17) is 9.47 Å². The van der Waals surface area contributed by atoms with E-state index in [1.807, 2.05) is 24.3 Å². The van der Waals surface area contributed by atoms with Gasteiger partial charge in [0.05, 0.1) is 24.2 Å². The zero-order valence-corrected chi connectivity index (χ0v) is 17.3. The number of carbonyl (C=O) groups is 1. The van der Waals surface area contributed by atoms with Gasteiger partial charge in [-0.1, -0.05) is 11.8 Å². The van der Waals surface area contributed by atoms with Crippen LogP contribution in [0.2, 0.25) is 0 Å². The van der Waals surface area contributed by atoms with E-state index in [0.717, 1.165) is 11.3 Å². The van der Waals surface area contributed by atoms with Gasteiger partial charge in [0.25, 0.3) is 0 Å². The molecular weight excluding hydrogens is 376 g/mol. The van der Waals surface area contributed by atoms with Crippen molar-refractivity contribution < 1.29 is 22.7 Å². The van der Waals surface area contributed by atoms with Crippen LogP contribution in [0.1, 0.15) is 38.3 Å². The summed E-state index contributed by atoms with van der Waals surface area (Å²) in [6.07, 6.45) is -0.182. The van der Waals surface area contributed by atoms with Gasteiger partial charge in [-0.25, -0.2) is 8.42 Å². The van der Waals surface area contributed by atoms with Crippen LogP contribution in [-0.2, 0) is 19.4 Å². The first kappa shape index (κ1) is 21.5. The predicted molar refractivity (Wildman–Crippen MR) is 108 cm³/mol. The summed E-state index contributed by atoms with van der Waals surface area (Å²) in [6.45, 7) is 5.22. The number of methoxy groups -OCH3 is 1. The molecule has 0 aliphatic heterocycles. The molecule has 0 amide bonds. The second-order valence-corrected chi connectivity index (χ2v) is 9.27. The average molecular weight is 400 g/mol. The van der Waals surface area contributed by atoms with Crippen molar-refractivity contribution in [3.8, 4) is 17.6 Å². The lowest BCUT2D eigenvalue weighted by atomic mass is 10.2. The van der Waals surface area contributed by atoms with Gasteiger partial charge < -0.3 is 9.47 Å². The van der Waals surface area contributed by atoms with Gasteiger partial charge in [0.15, 0.2) is 9.84 Å². The fourth-order valence-electron chi connectivity index (χ4n) is 2.29. The van der Waals surface area contributed by atoms with E-state index in [1.54, 1.807) is 40.0 Å². The van der Waals surface area contributed by atoms with Gasteiger partial charge in [0.1, 0.15) is 11.4 Å². The maximum atomic E-state index is 12.4. The Balaban J connectivity index is 2.02. The average Bonchev–Trinajstić information content (AvgIpc) is 2.64. The van der Waals surface area contributed by atoms with E-state index in [2.05, 4.69) is 11.8 Å². The third-order valence-corrected chi connectivity index (χ3v) is 5.38. The number of carbonyl (C=O) groups excluding carboxylic acids is 1. The highest BCUT2D eigenvalue weighted by molar-refractivity contribution is 7.91. The minimum absolute atomic E-state index is 0.158. The highest BCUT2D eigenvalue weighted by Crippen LogP contribution is 2.15. The first-order valence-corrected chi connectivity index (χ1v) is 10.4. The second kappa shape index (κ2) is 8.94. The van der Waals surface area contributed by atoms with Crippen molar-refractivity contribution in [3.63, 3.8) is 0 Å². The lowest BCUT2D eigenvalue weighted by Gasteiger charge is -2.19. The van der Waals surface area contributed by atoms with Crippen molar-refractivity contribution in [1.29, 1.82) is 0 Å². The molecule has 0 saturated heterocycles. The lowest BCUT2D eigenvalue weighted by Crippen LogP contribution is -2.25. The van der Waals surface area contributed by atoms with Crippen LogP contribution in [0.15, 0.2) is 53.4 Å². The third kappa shape index (κ3) is 6.75. The normalized spacial score (nSPS) is 11.3. The lowest BCUT2D eigenvalue weighted by molar-refractivity contribution is -0.154. The molecular formula is C22H24O5S. The number of benzene rings is 2. The molecule has 0 atom stereocenters. The van der Waals surface area contributed by atoms with Gasteiger partial charge in [-0.3, -0.25) is 4.79 Å². The van der Waals surface area contributed by atoms with Crippen molar-refractivity contribution in [2.45, 2.75) is 37.7 Å². The maximum absolute atomic E-state index is 12.4. The van der Waals surface area contributed by atoms with Gasteiger partial charge in [-0.05, 0) is 69.3 Å². The molecule has 0 aliphatic rings. The summed E-state index contributed by atoms with van der Waals surface area (Å²) in [5.41, 5.74) is 0.891. The maximum Gasteiger partial charge on any atom is 0.307 e. The van der Waals surface area contributed by atoms with Crippen molar-refractivity contribution in [1.82, 2.24) is 0 Å². The predicted octanol–water partition coefficient (Wildman–Crippen LogP) is 3.60. The standard InChI is InChI=1S/C22H24O5S/c1-22(2,3)27-21(23)15-16-28(24,25)20-13-9-18(10-14-20)6-5-17-7-11-19(26-4)12-8-17/h7-14H,15-16H2,1-4H3. The molecule has 148 valence electrons. The number of sulfone groups is 1. The first-order chi connectivity index (χ1) is 13.1. The summed E-state index contributed by atoms with van der Waals surface area (Å²) in [7, 11) is -1.96. The molecule has 2 rings (SSSR count). The Bertz CT molecular complexity index is 970. The topological polar surface area (TPSA) is 69.7 Å².